The fourth-order valence-corrected chi connectivity index (χ4v) is 1.58. The number of H-pyrrole nitrogens is 1. The zero-order chi connectivity index (χ0) is 9.80. The number of nitrogens with one attached hydrogen (secondary N) is 2. The average molecular weight is 194 g/mol. The molecule has 14 heavy (non-hydrogen) atoms. The Morgan fingerprint density at radius 2 is 2.07 bits per heavy atom. The number of aromatic amines is 1. The average Bonchev–Trinajstić information content (AvgIpc) is 2.23. The van der Waals surface area contributed by atoms with Gasteiger partial charge in [0.05, 0.1) is 0 Å². The molecule has 0 aromatic carbocycles. The van der Waals surface area contributed by atoms with Crippen molar-refractivity contribution in [2.24, 2.45) is 0 Å². The molecule has 0 saturated carbocycles. The molecule has 1 aliphatic heterocycles. The van der Waals surface area contributed by atoms with Crippen molar-refractivity contribution in [1.29, 1.82) is 0 Å². The van der Waals surface area contributed by atoms with Gasteiger partial charge in [-0.05, 0) is 32.0 Å². The number of rotatable bonds is 2. The van der Waals surface area contributed by atoms with Crippen molar-refractivity contribution >= 4 is 0 Å². The van der Waals surface area contributed by atoms with Gasteiger partial charge in [0.25, 0.3) is 0 Å². The standard InChI is InChI=1S/C10H14N2O2/c13-10-2-1-9(7-12-10)14-8-3-5-11-6-4-8/h1-2,7-8,11H,3-6H2,(H,12,13). The van der Waals surface area contributed by atoms with Gasteiger partial charge in [-0.2, -0.15) is 0 Å². The van der Waals surface area contributed by atoms with Gasteiger partial charge in [-0.1, -0.05) is 0 Å². The molecular weight excluding hydrogens is 180 g/mol. The Labute approximate surface area is 82.3 Å². The summed E-state index contributed by atoms with van der Waals surface area (Å²) in [6, 6.07) is 3.19. The maximum absolute atomic E-state index is 10.8. The summed E-state index contributed by atoms with van der Waals surface area (Å²) in [6.07, 6.45) is 3.95. The molecule has 2 rings (SSSR count). The number of ether oxygens (including phenoxy) is 1. The van der Waals surface area contributed by atoms with Crippen LogP contribution in [0.5, 0.6) is 5.75 Å². The normalized spacial score (nSPS) is 18.0. The van der Waals surface area contributed by atoms with Gasteiger partial charge < -0.3 is 15.0 Å². The van der Waals surface area contributed by atoms with Crippen molar-refractivity contribution in [2.75, 3.05) is 13.1 Å². The van der Waals surface area contributed by atoms with Crippen molar-refractivity contribution in [3.63, 3.8) is 0 Å². The predicted octanol–water partition coefficient (Wildman–Crippen LogP) is 0.506. The summed E-state index contributed by atoms with van der Waals surface area (Å²) in [5, 5.41) is 3.27. The smallest absolute Gasteiger partial charge is 0.248 e. The second kappa shape index (κ2) is 4.28. The van der Waals surface area contributed by atoms with Crippen LogP contribution in [0.15, 0.2) is 23.1 Å². The summed E-state index contributed by atoms with van der Waals surface area (Å²) in [4.78, 5) is 13.4. The second-order valence-electron chi connectivity index (χ2n) is 3.46. The van der Waals surface area contributed by atoms with Gasteiger partial charge in [0.1, 0.15) is 11.9 Å². The van der Waals surface area contributed by atoms with E-state index < -0.39 is 0 Å². The molecule has 1 aliphatic rings. The van der Waals surface area contributed by atoms with Gasteiger partial charge in [-0.15, -0.1) is 0 Å². The first kappa shape index (κ1) is 9.27. The Hall–Kier alpha value is -1.29. The Morgan fingerprint density at radius 3 is 2.71 bits per heavy atom. The van der Waals surface area contributed by atoms with Crippen LogP contribution in [0.2, 0.25) is 0 Å². The van der Waals surface area contributed by atoms with E-state index in [1.807, 2.05) is 0 Å². The van der Waals surface area contributed by atoms with Crippen LogP contribution >= 0.6 is 0 Å². The van der Waals surface area contributed by atoms with E-state index in [1.165, 1.54) is 6.07 Å². The summed E-state index contributed by atoms with van der Waals surface area (Å²) < 4.78 is 5.70. The molecule has 4 nitrogen and oxygen atoms in total. The van der Waals surface area contributed by atoms with Crippen LogP contribution in [0.3, 0.4) is 0 Å². The van der Waals surface area contributed by atoms with Gasteiger partial charge in [0, 0.05) is 12.3 Å². The fraction of sp³-hybridized carbons (Fsp3) is 0.500. The van der Waals surface area contributed by atoms with E-state index >= 15 is 0 Å². The van der Waals surface area contributed by atoms with Crippen LogP contribution < -0.4 is 15.6 Å². The number of hydrogen-bond donors (Lipinski definition) is 2. The lowest BCUT2D eigenvalue weighted by molar-refractivity contribution is 0.162. The van der Waals surface area contributed by atoms with Gasteiger partial charge in [0.2, 0.25) is 5.56 Å². The lowest BCUT2D eigenvalue weighted by Gasteiger charge is -2.23. The third-order valence-corrected chi connectivity index (χ3v) is 2.34. The van der Waals surface area contributed by atoms with E-state index in [0.717, 1.165) is 31.7 Å². The second-order valence-corrected chi connectivity index (χ2v) is 3.46. The van der Waals surface area contributed by atoms with Gasteiger partial charge in [0.15, 0.2) is 0 Å². The van der Waals surface area contributed by atoms with E-state index in [0.29, 0.717) is 0 Å². The lowest BCUT2D eigenvalue weighted by Crippen LogP contribution is -2.34. The molecule has 2 heterocycles. The monoisotopic (exact) mass is 194 g/mol. The Kier molecular flexibility index (Phi) is 2.84. The largest absolute Gasteiger partial charge is 0.489 e. The summed E-state index contributed by atoms with van der Waals surface area (Å²) in [5.41, 5.74) is -0.0948. The SMILES string of the molecule is O=c1ccc(OC2CCNCC2)c[nH]1. The molecule has 1 fully saturated rings. The number of aromatic nitrogens is 1. The van der Waals surface area contributed by atoms with Crippen LogP contribution in [0.1, 0.15) is 12.8 Å². The van der Waals surface area contributed by atoms with Crippen LogP contribution in [-0.4, -0.2) is 24.2 Å². The van der Waals surface area contributed by atoms with E-state index in [-0.39, 0.29) is 11.7 Å². The van der Waals surface area contributed by atoms with Gasteiger partial charge in [-0.3, -0.25) is 4.79 Å². The third-order valence-electron chi connectivity index (χ3n) is 2.34. The molecule has 76 valence electrons. The molecule has 0 radical (unpaired) electrons. The zero-order valence-electron chi connectivity index (χ0n) is 7.95. The molecule has 1 aromatic rings. The fourth-order valence-electron chi connectivity index (χ4n) is 1.58. The molecule has 0 spiro atoms. The van der Waals surface area contributed by atoms with Crippen molar-refractivity contribution in [1.82, 2.24) is 10.3 Å². The summed E-state index contributed by atoms with van der Waals surface area (Å²) in [5.74, 6) is 0.747. The van der Waals surface area contributed by atoms with Crippen molar-refractivity contribution in [2.45, 2.75) is 18.9 Å². The first-order valence-corrected chi connectivity index (χ1v) is 4.91. The summed E-state index contributed by atoms with van der Waals surface area (Å²) in [6.45, 7) is 2.02. The minimum atomic E-state index is -0.0948. The van der Waals surface area contributed by atoms with Crippen LogP contribution in [-0.2, 0) is 0 Å². The van der Waals surface area contributed by atoms with E-state index in [1.54, 1.807) is 12.3 Å². The molecule has 0 atom stereocenters. The zero-order valence-corrected chi connectivity index (χ0v) is 7.95. The Balaban J connectivity index is 1.96. The highest BCUT2D eigenvalue weighted by Gasteiger charge is 2.13. The van der Waals surface area contributed by atoms with Gasteiger partial charge in [-0.25, -0.2) is 0 Å². The van der Waals surface area contributed by atoms with E-state index in [4.69, 9.17) is 4.74 Å². The quantitative estimate of drug-likeness (QED) is 0.721. The van der Waals surface area contributed by atoms with Crippen LogP contribution in [0.4, 0.5) is 0 Å². The number of piperidine rings is 1. The first-order valence-electron chi connectivity index (χ1n) is 4.91. The van der Waals surface area contributed by atoms with E-state index in [2.05, 4.69) is 10.3 Å². The Bertz CT molecular complexity index is 322. The minimum Gasteiger partial charge on any atom is -0.489 e. The lowest BCUT2D eigenvalue weighted by atomic mass is 10.1. The van der Waals surface area contributed by atoms with Crippen molar-refractivity contribution in [3.8, 4) is 5.75 Å². The highest BCUT2D eigenvalue weighted by Crippen LogP contribution is 2.13. The predicted molar refractivity (Wildman–Crippen MR) is 53.6 cm³/mol. The maximum atomic E-state index is 10.8. The van der Waals surface area contributed by atoms with Crippen LogP contribution in [0.25, 0.3) is 0 Å². The van der Waals surface area contributed by atoms with Crippen molar-refractivity contribution < 1.29 is 4.74 Å². The maximum Gasteiger partial charge on any atom is 0.248 e. The molecule has 0 aliphatic carbocycles. The first-order chi connectivity index (χ1) is 6.84. The minimum absolute atomic E-state index is 0.0948. The van der Waals surface area contributed by atoms with Crippen molar-refractivity contribution in [3.05, 3.63) is 28.7 Å². The van der Waals surface area contributed by atoms with Gasteiger partial charge >= 0.3 is 0 Å². The van der Waals surface area contributed by atoms with Crippen LogP contribution in [0, 0.1) is 0 Å². The third kappa shape index (κ3) is 2.35. The Morgan fingerprint density at radius 1 is 1.29 bits per heavy atom. The molecule has 0 amide bonds. The molecule has 2 N–H and O–H groups in total. The summed E-state index contributed by atoms with van der Waals surface area (Å²) >= 11 is 0. The summed E-state index contributed by atoms with van der Waals surface area (Å²) in [7, 11) is 0. The number of pyridine rings is 1. The molecule has 0 unspecified atom stereocenters. The molecular formula is C10H14N2O2. The topological polar surface area (TPSA) is 54.1 Å². The highest BCUT2D eigenvalue weighted by atomic mass is 16.5. The molecule has 4 heteroatoms. The number of hydrogen-bond acceptors (Lipinski definition) is 3. The molecule has 1 saturated heterocycles. The molecule has 0 bridgehead atoms. The van der Waals surface area contributed by atoms with E-state index in [9.17, 15) is 4.79 Å². The molecule has 1 aromatic heterocycles. The highest BCUT2D eigenvalue weighted by molar-refractivity contribution is 5.16.